The molecule has 1 aliphatic heterocycles. The number of anilines is 1. The molecule has 1 amide bonds. The molecule has 2 N–H and O–H groups in total. The number of rotatable bonds is 3. The summed E-state index contributed by atoms with van der Waals surface area (Å²) in [6.45, 7) is 1.06. The molecular formula is C15H14BrN5O. The van der Waals surface area contributed by atoms with Crippen molar-refractivity contribution < 1.29 is 4.79 Å². The molecule has 1 aromatic heterocycles. The van der Waals surface area contributed by atoms with Gasteiger partial charge in [-0.1, -0.05) is 12.1 Å². The Bertz CT molecular complexity index is 742. The van der Waals surface area contributed by atoms with Crippen LogP contribution in [0.5, 0.6) is 0 Å². The predicted octanol–water partition coefficient (Wildman–Crippen LogP) is 2.08. The minimum Gasteiger partial charge on any atom is -0.322 e. The third kappa shape index (κ3) is 2.63. The fourth-order valence-corrected chi connectivity index (χ4v) is 2.91. The lowest BCUT2D eigenvalue weighted by Gasteiger charge is -2.17. The van der Waals surface area contributed by atoms with E-state index in [4.69, 9.17) is 0 Å². The Hall–Kier alpha value is -2.17. The van der Waals surface area contributed by atoms with Crippen LogP contribution in [0, 0.1) is 16.7 Å². The Kier molecular flexibility index (Phi) is 3.96. The van der Waals surface area contributed by atoms with Crippen molar-refractivity contribution in [2.75, 3.05) is 18.4 Å². The highest BCUT2D eigenvalue weighted by Crippen LogP contribution is 2.27. The van der Waals surface area contributed by atoms with Gasteiger partial charge >= 0.3 is 0 Å². The van der Waals surface area contributed by atoms with Crippen molar-refractivity contribution in [2.45, 2.75) is 6.42 Å². The van der Waals surface area contributed by atoms with Gasteiger partial charge < -0.3 is 10.6 Å². The van der Waals surface area contributed by atoms with Crippen molar-refractivity contribution in [3.05, 3.63) is 41.1 Å². The molecule has 22 heavy (non-hydrogen) atoms. The number of nitriles is 1. The number of carbonyl (C=O) groups is 1. The van der Waals surface area contributed by atoms with Gasteiger partial charge in [-0.25, -0.2) is 4.68 Å². The first-order valence-corrected chi connectivity index (χ1v) is 7.67. The number of carbonyl (C=O) groups excluding carboxylic acids is 1. The SMILES string of the molecule is N#CC1(C(=O)Nc2cnn(-c3ccccc3Br)c2)CCNC1. The molecule has 6 nitrogen and oxygen atoms in total. The molecule has 0 spiro atoms. The first kappa shape index (κ1) is 14.8. The van der Waals surface area contributed by atoms with Crippen molar-refractivity contribution >= 4 is 27.5 Å². The molecule has 0 aliphatic carbocycles. The van der Waals surface area contributed by atoms with Crippen LogP contribution >= 0.6 is 15.9 Å². The van der Waals surface area contributed by atoms with Crippen LogP contribution in [-0.2, 0) is 4.79 Å². The van der Waals surface area contributed by atoms with E-state index in [0.29, 0.717) is 25.2 Å². The zero-order valence-electron chi connectivity index (χ0n) is 11.7. The Morgan fingerprint density at radius 1 is 1.50 bits per heavy atom. The number of hydrogen-bond donors (Lipinski definition) is 2. The quantitative estimate of drug-likeness (QED) is 0.878. The monoisotopic (exact) mass is 359 g/mol. The van der Waals surface area contributed by atoms with Crippen LogP contribution in [0.1, 0.15) is 6.42 Å². The van der Waals surface area contributed by atoms with Crippen LogP contribution in [0.25, 0.3) is 5.69 Å². The van der Waals surface area contributed by atoms with Gasteiger partial charge in [-0.05, 0) is 41.0 Å². The van der Waals surface area contributed by atoms with Crippen molar-refractivity contribution in [1.29, 1.82) is 5.26 Å². The molecule has 0 radical (unpaired) electrons. The van der Waals surface area contributed by atoms with Gasteiger partial charge in [0.05, 0.1) is 29.8 Å². The molecule has 112 valence electrons. The number of nitrogens with one attached hydrogen (secondary N) is 2. The van der Waals surface area contributed by atoms with Gasteiger partial charge in [0.1, 0.15) is 5.41 Å². The summed E-state index contributed by atoms with van der Waals surface area (Å²) in [5, 5.41) is 19.4. The lowest BCUT2D eigenvalue weighted by Crippen LogP contribution is -2.36. The average Bonchev–Trinajstić information content (AvgIpc) is 3.17. The maximum Gasteiger partial charge on any atom is 0.246 e. The summed E-state index contributed by atoms with van der Waals surface area (Å²) in [4.78, 5) is 12.4. The number of para-hydroxylation sites is 1. The van der Waals surface area contributed by atoms with Crippen LogP contribution in [0.4, 0.5) is 5.69 Å². The van der Waals surface area contributed by atoms with Gasteiger partial charge in [-0.2, -0.15) is 10.4 Å². The minimum atomic E-state index is -0.991. The van der Waals surface area contributed by atoms with Crippen LogP contribution < -0.4 is 10.6 Å². The van der Waals surface area contributed by atoms with Crippen LogP contribution in [0.3, 0.4) is 0 Å². The molecule has 1 fully saturated rings. The minimum absolute atomic E-state index is 0.285. The second-order valence-corrected chi connectivity index (χ2v) is 6.05. The smallest absolute Gasteiger partial charge is 0.246 e. The number of amides is 1. The van der Waals surface area contributed by atoms with E-state index >= 15 is 0 Å². The van der Waals surface area contributed by atoms with Gasteiger partial charge in [0.2, 0.25) is 5.91 Å². The predicted molar refractivity (Wildman–Crippen MR) is 85.4 cm³/mol. The normalized spacial score (nSPS) is 20.5. The maximum atomic E-state index is 12.4. The second-order valence-electron chi connectivity index (χ2n) is 5.20. The van der Waals surface area contributed by atoms with E-state index in [1.165, 1.54) is 0 Å². The fourth-order valence-electron chi connectivity index (χ4n) is 2.44. The third-order valence-corrected chi connectivity index (χ3v) is 4.41. The van der Waals surface area contributed by atoms with Gasteiger partial charge in [0, 0.05) is 11.0 Å². The van der Waals surface area contributed by atoms with E-state index < -0.39 is 5.41 Å². The van der Waals surface area contributed by atoms with Gasteiger partial charge in [0.15, 0.2) is 0 Å². The highest BCUT2D eigenvalue weighted by Gasteiger charge is 2.41. The molecule has 3 rings (SSSR count). The third-order valence-electron chi connectivity index (χ3n) is 3.74. The summed E-state index contributed by atoms with van der Waals surface area (Å²) in [7, 11) is 0. The Balaban J connectivity index is 1.79. The van der Waals surface area contributed by atoms with Crippen LogP contribution in [0.15, 0.2) is 41.1 Å². The topological polar surface area (TPSA) is 82.7 Å². The van der Waals surface area contributed by atoms with E-state index in [9.17, 15) is 10.1 Å². The molecule has 1 unspecified atom stereocenters. The molecule has 1 atom stereocenters. The number of benzene rings is 1. The largest absolute Gasteiger partial charge is 0.322 e. The molecular weight excluding hydrogens is 346 g/mol. The van der Waals surface area contributed by atoms with E-state index in [-0.39, 0.29) is 5.91 Å². The van der Waals surface area contributed by atoms with Crippen molar-refractivity contribution in [2.24, 2.45) is 5.41 Å². The van der Waals surface area contributed by atoms with E-state index in [0.717, 1.165) is 10.2 Å². The number of halogens is 1. The summed E-state index contributed by atoms with van der Waals surface area (Å²) in [6.07, 6.45) is 3.82. The number of nitrogens with zero attached hydrogens (tertiary/aromatic N) is 3. The Morgan fingerprint density at radius 3 is 3.00 bits per heavy atom. The van der Waals surface area contributed by atoms with E-state index in [2.05, 4.69) is 37.7 Å². The molecule has 7 heteroatoms. The van der Waals surface area contributed by atoms with Gasteiger partial charge in [-0.15, -0.1) is 0 Å². The highest BCUT2D eigenvalue weighted by molar-refractivity contribution is 9.10. The average molecular weight is 360 g/mol. The van der Waals surface area contributed by atoms with E-state index in [1.807, 2.05) is 24.3 Å². The molecule has 0 saturated carbocycles. The second kappa shape index (κ2) is 5.91. The van der Waals surface area contributed by atoms with Crippen LogP contribution in [-0.4, -0.2) is 28.8 Å². The summed E-state index contributed by atoms with van der Waals surface area (Å²) < 4.78 is 2.58. The number of aromatic nitrogens is 2. The van der Waals surface area contributed by atoms with Crippen molar-refractivity contribution in [3.8, 4) is 11.8 Å². The fraction of sp³-hybridized carbons (Fsp3) is 0.267. The van der Waals surface area contributed by atoms with Crippen LogP contribution in [0.2, 0.25) is 0 Å². The number of hydrogen-bond acceptors (Lipinski definition) is 4. The summed E-state index contributed by atoms with van der Waals surface area (Å²) >= 11 is 3.47. The molecule has 1 saturated heterocycles. The zero-order chi connectivity index (χ0) is 15.6. The first-order valence-electron chi connectivity index (χ1n) is 6.88. The molecule has 2 heterocycles. The molecule has 1 aliphatic rings. The van der Waals surface area contributed by atoms with Crippen molar-refractivity contribution in [1.82, 2.24) is 15.1 Å². The summed E-state index contributed by atoms with van der Waals surface area (Å²) in [5.74, 6) is -0.285. The lowest BCUT2D eigenvalue weighted by atomic mass is 9.88. The first-order chi connectivity index (χ1) is 10.6. The highest BCUT2D eigenvalue weighted by atomic mass is 79.9. The lowest BCUT2D eigenvalue weighted by molar-refractivity contribution is -0.122. The summed E-state index contributed by atoms with van der Waals surface area (Å²) in [5.41, 5.74) is 0.456. The standard InChI is InChI=1S/C15H14BrN5O/c16-12-3-1-2-4-13(12)21-8-11(7-19-21)20-14(22)15(9-17)5-6-18-10-15/h1-4,7-8,18H,5-6,10H2,(H,20,22). The maximum absolute atomic E-state index is 12.4. The van der Waals surface area contributed by atoms with Gasteiger partial charge in [-0.3, -0.25) is 4.79 Å². The van der Waals surface area contributed by atoms with Crippen molar-refractivity contribution in [3.63, 3.8) is 0 Å². The summed E-state index contributed by atoms with van der Waals surface area (Å²) in [6, 6.07) is 9.81. The molecule has 1 aromatic carbocycles. The Morgan fingerprint density at radius 2 is 2.32 bits per heavy atom. The molecule has 0 bridgehead atoms. The van der Waals surface area contributed by atoms with E-state index in [1.54, 1.807) is 17.1 Å². The Labute approximate surface area is 136 Å². The zero-order valence-corrected chi connectivity index (χ0v) is 13.3. The molecule has 2 aromatic rings. The van der Waals surface area contributed by atoms with Gasteiger partial charge in [0.25, 0.3) is 0 Å².